The van der Waals surface area contributed by atoms with E-state index < -0.39 is 0 Å². The number of hydrogen-bond acceptors (Lipinski definition) is 0. The zero-order valence-electron chi connectivity index (χ0n) is 11.3. The molecule has 2 fully saturated rings. The van der Waals surface area contributed by atoms with Gasteiger partial charge < -0.3 is 0 Å². The van der Waals surface area contributed by atoms with E-state index in [1.54, 1.807) is 0 Å². The lowest BCUT2D eigenvalue weighted by Crippen LogP contribution is -2.41. The van der Waals surface area contributed by atoms with Crippen LogP contribution in [0.5, 0.6) is 0 Å². The average Bonchev–Trinajstić information content (AvgIpc) is 2.50. The van der Waals surface area contributed by atoms with Gasteiger partial charge in [0.05, 0.1) is 0 Å². The molecule has 2 saturated carbocycles. The molecule has 0 saturated heterocycles. The van der Waals surface area contributed by atoms with Crippen molar-refractivity contribution in [2.24, 2.45) is 47.3 Å². The van der Waals surface area contributed by atoms with Crippen LogP contribution >= 0.6 is 0 Å². The zero-order chi connectivity index (χ0) is 11.3. The summed E-state index contributed by atoms with van der Waals surface area (Å²) >= 11 is 0. The van der Waals surface area contributed by atoms with Crippen molar-refractivity contribution in [1.82, 2.24) is 0 Å². The fourth-order valence-corrected chi connectivity index (χ4v) is 4.70. The minimum atomic E-state index is 0.925. The van der Waals surface area contributed by atoms with E-state index in [0.717, 1.165) is 47.3 Å². The minimum absolute atomic E-state index is 0.925. The second-order valence-electron chi connectivity index (χ2n) is 6.75. The first-order chi connectivity index (χ1) is 6.95. The van der Waals surface area contributed by atoms with E-state index in [9.17, 15) is 0 Å². The maximum absolute atomic E-state index is 2.51. The summed E-state index contributed by atoms with van der Waals surface area (Å²) in [5.41, 5.74) is 0. The summed E-state index contributed by atoms with van der Waals surface area (Å²) in [7, 11) is 0. The molecule has 0 bridgehead atoms. The second-order valence-corrected chi connectivity index (χ2v) is 6.75. The quantitative estimate of drug-likeness (QED) is 0.551. The fourth-order valence-electron chi connectivity index (χ4n) is 4.70. The Morgan fingerprint density at radius 1 is 0.600 bits per heavy atom. The number of fused-ring (bicyclic) bond motifs is 1. The van der Waals surface area contributed by atoms with Crippen LogP contribution in [0, 0.1) is 47.3 Å². The van der Waals surface area contributed by atoms with Crippen molar-refractivity contribution in [1.29, 1.82) is 0 Å². The molecule has 0 aliphatic heterocycles. The zero-order valence-corrected chi connectivity index (χ0v) is 11.3. The van der Waals surface area contributed by atoms with Gasteiger partial charge in [-0.25, -0.2) is 0 Å². The lowest BCUT2D eigenvalue weighted by Gasteiger charge is -2.47. The fraction of sp³-hybridized carbons (Fsp3) is 1.00. The van der Waals surface area contributed by atoms with Crippen LogP contribution in [0.4, 0.5) is 0 Å². The molecule has 2 aliphatic rings. The van der Waals surface area contributed by atoms with Crippen molar-refractivity contribution >= 4 is 0 Å². The van der Waals surface area contributed by atoms with Gasteiger partial charge in [-0.3, -0.25) is 0 Å². The Kier molecular flexibility index (Phi) is 2.90. The molecule has 0 heteroatoms. The van der Waals surface area contributed by atoms with E-state index in [0.29, 0.717) is 0 Å². The van der Waals surface area contributed by atoms with Crippen LogP contribution in [0.2, 0.25) is 0 Å². The summed E-state index contributed by atoms with van der Waals surface area (Å²) in [6.45, 7) is 15.0. The third kappa shape index (κ3) is 1.56. The van der Waals surface area contributed by atoms with E-state index in [1.165, 1.54) is 6.42 Å². The molecule has 0 nitrogen and oxygen atoms in total. The highest BCUT2D eigenvalue weighted by atomic mass is 14.5. The molecule has 8 unspecified atom stereocenters. The van der Waals surface area contributed by atoms with Crippen molar-refractivity contribution in [2.75, 3.05) is 0 Å². The van der Waals surface area contributed by atoms with Gasteiger partial charge in [0.2, 0.25) is 0 Å². The third-order valence-corrected chi connectivity index (χ3v) is 6.41. The minimum Gasteiger partial charge on any atom is -0.0622 e. The van der Waals surface area contributed by atoms with Gasteiger partial charge >= 0.3 is 0 Å². The normalized spacial score (nSPS) is 60.4. The largest absolute Gasteiger partial charge is 0.0622 e. The highest BCUT2D eigenvalue weighted by Gasteiger charge is 2.50. The topological polar surface area (TPSA) is 0 Å². The summed E-state index contributed by atoms with van der Waals surface area (Å²) < 4.78 is 0. The lowest BCUT2D eigenvalue weighted by atomic mass is 9.58. The Morgan fingerprint density at radius 2 is 1.13 bits per heavy atom. The molecule has 0 aromatic rings. The van der Waals surface area contributed by atoms with Gasteiger partial charge in [0, 0.05) is 0 Å². The summed E-state index contributed by atoms with van der Waals surface area (Å²) in [5, 5.41) is 0. The summed E-state index contributed by atoms with van der Waals surface area (Å²) in [6, 6.07) is 0. The van der Waals surface area contributed by atoms with E-state index in [2.05, 4.69) is 41.5 Å². The van der Waals surface area contributed by atoms with E-state index >= 15 is 0 Å². The Bertz CT molecular complexity index is 232. The molecular weight excluding hydrogens is 180 g/mol. The van der Waals surface area contributed by atoms with Gasteiger partial charge in [-0.2, -0.15) is 0 Å². The van der Waals surface area contributed by atoms with Crippen LogP contribution in [0.3, 0.4) is 0 Å². The van der Waals surface area contributed by atoms with E-state index in [-0.39, 0.29) is 0 Å². The average molecular weight is 208 g/mol. The van der Waals surface area contributed by atoms with Crippen LogP contribution in [-0.4, -0.2) is 0 Å². The Morgan fingerprint density at radius 3 is 1.73 bits per heavy atom. The van der Waals surface area contributed by atoms with Gasteiger partial charge in [-0.15, -0.1) is 0 Å². The Labute approximate surface area is 95.8 Å². The molecule has 2 rings (SSSR count). The van der Waals surface area contributed by atoms with Gasteiger partial charge in [-0.1, -0.05) is 41.5 Å². The number of hydrogen-bond donors (Lipinski definition) is 0. The molecule has 8 atom stereocenters. The predicted octanol–water partition coefficient (Wildman–Crippen LogP) is 4.45. The Balaban J connectivity index is 2.26. The van der Waals surface area contributed by atoms with Crippen LogP contribution < -0.4 is 0 Å². The first-order valence-electron chi connectivity index (χ1n) is 6.95. The van der Waals surface area contributed by atoms with Gasteiger partial charge in [0.15, 0.2) is 0 Å². The van der Waals surface area contributed by atoms with Gasteiger partial charge in [-0.05, 0) is 53.8 Å². The molecular formula is C15H28. The Hall–Kier alpha value is 0. The summed E-state index contributed by atoms with van der Waals surface area (Å²) in [5.74, 6) is 7.71. The molecule has 15 heavy (non-hydrogen) atoms. The van der Waals surface area contributed by atoms with Crippen molar-refractivity contribution < 1.29 is 0 Å². The van der Waals surface area contributed by atoms with E-state index in [1.807, 2.05) is 0 Å². The number of rotatable bonds is 0. The first kappa shape index (κ1) is 11.5. The summed E-state index contributed by atoms with van der Waals surface area (Å²) in [6.07, 6.45) is 1.49. The highest BCUT2D eigenvalue weighted by molar-refractivity contribution is 4.98. The highest BCUT2D eigenvalue weighted by Crippen LogP contribution is 2.56. The summed E-state index contributed by atoms with van der Waals surface area (Å²) in [4.78, 5) is 0. The lowest BCUT2D eigenvalue weighted by molar-refractivity contribution is 0.0142. The van der Waals surface area contributed by atoms with Crippen molar-refractivity contribution in [3.05, 3.63) is 0 Å². The van der Waals surface area contributed by atoms with Crippen molar-refractivity contribution in [3.8, 4) is 0 Å². The monoisotopic (exact) mass is 208 g/mol. The molecule has 0 radical (unpaired) electrons. The standard InChI is InChI=1S/C15H28/c1-8-7-14-12(5)10(3)11(4)13(6)15(14)9(8)2/h8-15H,7H2,1-6H3. The molecule has 0 aromatic heterocycles. The smallest absolute Gasteiger partial charge is 0.0326 e. The molecule has 0 aromatic carbocycles. The van der Waals surface area contributed by atoms with E-state index in [4.69, 9.17) is 0 Å². The first-order valence-corrected chi connectivity index (χ1v) is 6.95. The van der Waals surface area contributed by atoms with Crippen LogP contribution in [-0.2, 0) is 0 Å². The maximum Gasteiger partial charge on any atom is -0.0326 e. The maximum atomic E-state index is 2.51. The predicted molar refractivity (Wildman–Crippen MR) is 66.6 cm³/mol. The third-order valence-electron chi connectivity index (χ3n) is 6.41. The van der Waals surface area contributed by atoms with Crippen LogP contribution in [0.25, 0.3) is 0 Å². The molecule has 2 aliphatic carbocycles. The molecule has 0 amide bonds. The van der Waals surface area contributed by atoms with Gasteiger partial charge in [0.25, 0.3) is 0 Å². The van der Waals surface area contributed by atoms with Crippen molar-refractivity contribution in [2.45, 2.75) is 48.0 Å². The van der Waals surface area contributed by atoms with Crippen LogP contribution in [0.1, 0.15) is 48.0 Å². The van der Waals surface area contributed by atoms with Crippen LogP contribution in [0.15, 0.2) is 0 Å². The molecule has 88 valence electrons. The molecule has 0 N–H and O–H groups in total. The van der Waals surface area contributed by atoms with Crippen molar-refractivity contribution in [3.63, 3.8) is 0 Å². The second kappa shape index (κ2) is 3.79. The van der Waals surface area contributed by atoms with Gasteiger partial charge in [0.1, 0.15) is 0 Å². The molecule has 0 heterocycles. The SMILES string of the molecule is CC1CC2C(C)C(C)C(C)C(C)C2C1C. The molecule has 0 spiro atoms.